The highest BCUT2D eigenvalue weighted by molar-refractivity contribution is 5.82. The van der Waals surface area contributed by atoms with Crippen molar-refractivity contribution in [3.05, 3.63) is 23.7 Å². The first-order valence-electron chi connectivity index (χ1n) is 9.12. The SMILES string of the molecule is COCCN1CC2(CCN(Cc3ccc(C)o3)CC2)C(COC)C1=O. The standard InChI is InChI=1S/C19H30N2O4/c1-15-4-5-16(25-15)12-20-8-6-19(7-9-20)14-21(10-11-23-2)18(22)17(19)13-24-3/h4-5,17H,6-14H2,1-3H3. The average molecular weight is 350 g/mol. The molecule has 2 aliphatic heterocycles. The molecule has 1 aromatic heterocycles. The van der Waals surface area contributed by atoms with E-state index in [1.165, 1.54) is 0 Å². The van der Waals surface area contributed by atoms with Gasteiger partial charge in [-0.2, -0.15) is 0 Å². The predicted molar refractivity (Wildman–Crippen MR) is 94.2 cm³/mol. The van der Waals surface area contributed by atoms with Crippen LogP contribution in [0.2, 0.25) is 0 Å². The summed E-state index contributed by atoms with van der Waals surface area (Å²) in [6, 6.07) is 4.07. The molecule has 1 spiro atoms. The Hall–Kier alpha value is -1.37. The highest BCUT2D eigenvalue weighted by atomic mass is 16.5. The zero-order chi connectivity index (χ0) is 17.9. The third-order valence-electron chi connectivity index (χ3n) is 5.78. The van der Waals surface area contributed by atoms with Gasteiger partial charge in [0.25, 0.3) is 0 Å². The zero-order valence-corrected chi connectivity index (χ0v) is 15.6. The lowest BCUT2D eigenvalue weighted by molar-refractivity contribution is -0.134. The van der Waals surface area contributed by atoms with Crippen LogP contribution in [0.5, 0.6) is 0 Å². The number of methoxy groups -OCH3 is 2. The van der Waals surface area contributed by atoms with Crippen molar-refractivity contribution in [3.8, 4) is 0 Å². The smallest absolute Gasteiger partial charge is 0.228 e. The Morgan fingerprint density at radius 1 is 1.24 bits per heavy atom. The maximum absolute atomic E-state index is 12.8. The Kier molecular flexibility index (Phi) is 5.81. The fourth-order valence-corrected chi connectivity index (χ4v) is 4.31. The van der Waals surface area contributed by atoms with E-state index in [1.807, 2.05) is 17.9 Å². The van der Waals surface area contributed by atoms with Gasteiger partial charge in [-0.1, -0.05) is 0 Å². The molecule has 1 aromatic rings. The monoisotopic (exact) mass is 350 g/mol. The van der Waals surface area contributed by atoms with E-state index in [0.717, 1.165) is 50.5 Å². The maximum Gasteiger partial charge on any atom is 0.228 e. The minimum atomic E-state index is -0.0256. The van der Waals surface area contributed by atoms with E-state index in [9.17, 15) is 4.79 Å². The molecule has 0 N–H and O–H groups in total. The lowest BCUT2D eigenvalue weighted by Gasteiger charge is -2.41. The number of likely N-dealkylation sites (tertiary alicyclic amines) is 2. The molecule has 1 amide bonds. The quantitative estimate of drug-likeness (QED) is 0.752. The lowest BCUT2D eigenvalue weighted by atomic mass is 9.71. The molecule has 2 saturated heterocycles. The summed E-state index contributed by atoms with van der Waals surface area (Å²) in [5, 5.41) is 0. The number of carbonyl (C=O) groups excluding carboxylic acids is 1. The van der Waals surface area contributed by atoms with Crippen molar-refractivity contribution in [3.63, 3.8) is 0 Å². The topological polar surface area (TPSA) is 55.1 Å². The second kappa shape index (κ2) is 7.89. The molecule has 0 aliphatic carbocycles. The molecule has 6 heteroatoms. The molecule has 2 aliphatic rings. The summed E-state index contributed by atoms with van der Waals surface area (Å²) in [5.41, 5.74) is 0.0381. The number of nitrogens with zero attached hydrogens (tertiary/aromatic N) is 2. The number of carbonyl (C=O) groups is 1. The van der Waals surface area contributed by atoms with Gasteiger partial charge in [-0.25, -0.2) is 0 Å². The van der Waals surface area contributed by atoms with E-state index in [2.05, 4.69) is 11.0 Å². The average Bonchev–Trinajstić information content (AvgIpc) is 3.12. The van der Waals surface area contributed by atoms with Crippen molar-refractivity contribution in [2.45, 2.75) is 26.3 Å². The third kappa shape index (κ3) is 3.91. The van der Waals surface area contributed by atoms with Gasteiger partial charge in [-0.3, -0.25) is 9.69 Å². The fraction of sp³-hybridized carbons (Fsp3) is 0.737. The molecule has 6 nitrogen and oxygen atoms in total. The van der Waals surface area contributed by atoms with Crippen LogP contribution in [0.25, 0.3) is 0 Å². The van der Waals surface area contributed by atoms with Crippen LogP contribution in [0.15, 0.2) is 16.5 Å². The van der Waals surface area contributed by atoms with E-state index in [-0.39, 0.29) is 17.2 Å². The summed E-state index contributed by atoms with van der Waals surface area (Å²) in [7, 11) is 3.37. The summed E-state index contributed by atoms with van der Waals surface area (Å²) in [6.07, 6.45) is 2.05. The number of aryl methyl sites for hydroxylation is 1. The Balaban J connectivity index is 1.63. The number of hydrogen-bond donors (Lipinski definition) is 0. The van der Waals surface area contributed by atoms with Crippen molar-refractivity contribution in [1.82, 2.24) is 9.80 Å². The van der Waals surface area contributed by atoms with Crippen molar-refractivity contribution < 1.29 is 18.7 Å². The largest absolute Gasteiger partial charge is 0.465 e. The Morgan fingerprint density at radius 2 is 2.00 bits per heavy atom. The summed E-state index contributed by atoms with van der Waals surface area (Å²) in [4.78, 5) is 17.2. The van der Waals surface area contributed by atoms with E-state index in [0.29, 0.717) is 19.8 Å². The summed E-state index contributed by atoms with van der Waals surface area (Å²) >= 11 is 0. The van der Waals surface area contributed by atoms with E-state index >= 15 is 0 Å². The normalized spacial score (nSPS) is 23.7. The molecule has 0 saturated carbocycles. The first-order chi connectivity index (χ1) is 12.1. The molecule has 2 fully saturated rings. The van der Waals surface area contributed by atoms with Crippen LogP contribution in [0.1, 0.15) is 24.4 Å². The molecule has 1 unspecified atom stereocenters. The molecule has 0 radical (unpaired) electrons. The van der Waals surface area contributed by atoms with Gasteiger partial charge in [-0.15, -0.1) is 0 Å². The fourth-order valence-electron chi connectivity index (χ4n) is 4.31. The minimum Gasteiger partial charge on any atom is -0.465 e. The van der Waals surface area contributed by atoms with Crippen molar-refractivity contribution in [1.29, 1.82) is 0 Å². The molecule has 0 bridgehead atoms. The summed E-state index contributed by atoms with van der Waals surface area (Å²) < 4.78 is 16.3. The molecule has 140 valence electrons. The number of rotatable bonds is 7. The van der Waals surface area contributed by atoms with Crippen LogP contribution in [0.4, 0.5) is 0 Å². The second-order valence-corrected chi connectivity index (χ2v) is 7.41. The molecule has 0 aromatic carbocycles. The van der Waals surface area contributed by atoms with E-state index < -0.39 is 0 Å². The van der Waals surface area contributed by atoms with Gasteiger partial charge in [0.15, 0.2) is 0 Å². The molecular weight excluding hydrogens is 320 g/mol. The molecule has 3 heterocycles. The van der Waals surface area contributed by atoms with Gasteiger partial charge in [0, 0.05) is 32.7 Å². The molecule has 1 atom stereocenters. The number of furan rings is 1. The molecule has 3 rings (SSSR count). The van der Waals surface area contributed by atoms with Crippen LogP contribution in [-0.4, -0.2) is 69.3 Å². The zero-order valence-electron chi connectivity index (χ0n) is 15.6. The van der Waals surface area contributed by atoms with Crippen LogP contribution in [0.3, 0.4) is 0 Å². The minimum absolute atomic E-state index is 0.0256. The van der Waals surface area contributed by atoms with Gasteiger partial charge in [0.2, 0.25) is 5.91 Å². The molecule has 25 heavy (non-hydrogen) atoms. The number of ether oxygens (including phenoxy) is 2. The third-order valence-corrected chi connectivity index (χ3v) is 5.78. The molecular formula is C19H30N2O4. The highest BCUT2D eigenvalue weighted by Gasteiger charge is 2.52. The van der Waals surface area contributed by atoms with Crippen LogP contribution < -0.4 is 0 Å². The Morgan fingerprint density at radius 3 is 2.60 bits per heavy atom. The van der Waals surface area contributed by atoms with E-state index in [1.54, 1.807) is 14.2 Å². The highest BCUT2D eigenvalue weighted by Crippen LogP contribution is 2.45. The Bertz CT molecular complexity index is 578. The predicted octanol–water partition coefficient (Wildman–Crippen LogP) is 1.92. The second-order valence-electron chi connectivity index (χ2n) is 7.41. The first-order valence-corrected chi connectivity index (χ1v) is 9.12. The van der Waals surface area contributed by atoms with Crippen LogP contribution >= 0.6 is 0 Å². The Labute approximate surface area is 150 Å². The van der Waals surface area contributed by atoms with Gasteiger partial charge in [0.05, 0.1) is 25.7 Å². The van der Waals surface area contributed by atoms with Crippen LogP contribution in [-0.2, 0) is 20.8 Å². The maximum atomic E-state index is 12.8. The van der Waals surface area contributed by atoms with Crippen molar-refractivity contribution >= 4 is 5.91 Å². The first kappa shape index (κ1) is 18.4. The van der Waals surface area contributed by atoms with Crippen LogP contribution in [0, 0.1) is 18.3 Å². The number of piperidine rings is 1. The van der Waals surface area contributed by atoms with Gasteiger partial charge in [-0.05, 0) is 45.0 Å². The lowest BCUT2D eigenvalue weighted by Crippen LogP contribution is -2.45. The summed E-state index contributed by atoms with van der Waals surface area (Å²) in [6.45, 7) is 7.41. The van der Waals surface area contributed by atoms with Gasteiger partial charge >= 0.3 is 0 Å². The van der Waals surface area contributed by atoms with Crippen molar-refractivity contribution in [2.24, 2.45) is 11.3 Å². The van der Waals surface area contributed by atoms with Crippen molar-refractivity contribution in [2.75, 3.05) is 53.6 Å². The van der Waals surface area contributed by atoms with Gasteiger partial charge in [0.1, 0.15) is 11.5 Å². The summed E-state index contributed by atoms with van der Waals surface area (Å²) in [5.74, 6) is 2.18. The van der Waals surface area contributed by atoms with Gasteiger partial charge < -0.3 is 18.8 Å². The van der Waals surface area contributed by atoms with E-state index in [4.69, 9.17) is 13.9 Å². The number of amides is 1. The number of hydrogen-bond acceptors (Lipinski definition) is 5.